The third-order valence-electron chi connectivity index (χ3n) is 2.83. The fraction of sp³-hybridized carbons (Fsp3) is 0.500. The molecule has 3 heteroatoms. The maximum Gasteiger partial charge on any atom is 0.315 e. The first-order valence-electron chi connectivity index (χ1n) is 4.20. The summed E-state index contributed by atoms with van der Waals surface area (Å²) in [6, 6.07) is 0. The second kappa shape index (κ2) is 3.54. The number of rotatable bonds is 2. The Bertz CT molecular complexity index is 281. The van der Waals surface area contributed by atoms with Crippen molar-refractivity contribution in [1.29, 1.82) is 0 Å². The maximum absolute atomic E-state index is 11.1. The highest BCUT2D eigenvalue weighted by atomic mass is 35.5. The molecule has 0 bridgehead atoms. The molecule has 0 aromatic heterocycles. The minimum atomic E-state index is -0.916. The highest BCUT2D eigenvalue weighted by molar-refractivity contribution is 6.20. The van der Waals surface area contributed by atoms with Crippen molar-refractivity contribution >= 4 is 17.6 Å². The van der Waals surface area contributed by atoms with Crippen molar-refractivity contribution in [1.82, 2.24) is 0 Å². The van der Waals surface area contributed by atoms with E-state index >= 15 is 0 Å². The van der Waals surface area contributed by atoms with Crippen molar-refractivity contribution in [3.8, 4) is 0 Å². The van der Waals surface area contributed by atoms with Crippen LogP contribution >= 0.6 is 11.6 Å². The second-order valence-corrected chi connectivity index (χ2v) is 3.74. The third kappa shape index (κ3) is 1.51. The highest BCUT2D eigenvalue weighted by Gasteiger charge is 2.42. The van der Waals surface area contributed by atoms with Crippen LogP contribution in [0.5, 0.6) is 0 Å². The topological polar surface area (TPSA) is 37.3 Å². The largest absolute Gasteiger partial charge is 0.481 e. The molecule has 2 nitrogen and oxygen atoms in total. The summed E-state index contributed by atoms with van der Waals surface area (Å²) in [5.74, 6) is -0.767. The van der Waals surface area contributed by atoms with E-state index < -0.39 is 11.4 Å². The van der Waals surface area contributed by atoms with Crippen molar-refractivity contribution in [2.75, 3.05) is 5.88 Å². The highest BCUT2D eigenvalue weighted by Crippen LogP contribution is 2.38. The Morgan fingerprint density at radius 2 is 2.38 bits per heavy atom. The Morgan fingerprint density at radius 3 is 2.77 bits per heavy atom. The number of hydrogen-bond donors (Lipinski definition) is 1. The van der Waals surface area contributed by atoms with Gasteiger partial charge in [0.15, 0.2) is 0 Å². The fourth-order valence-corrected chi connectivity index (χ4v) is 1.98. The van der Waals surface area contributed by atoms with E-state index in [0.717, 1.165) is 5.57 Å². The van der Waals surface area contributed by atoms with Crippen molar-refractivity contribution in [2.24, 2.45) is 11.3 Å². The maximum atomic E-state index is 11.1. The molecule has 13 heavy (non-hydrogen) atoms. The molecule has 2 unspecified atom stereocenters. The Kier molecular flexibility index (Phi) is 2.81. The predicted molar refractivity (Wildman–Crippen MR) is 52.8 cm³/mol. The molecule has 1 rings (SSSR count). The van der Waals surface area contributed by atoms with Gasteiger partial charge in [-0.15, -0.1) is 11.6 Å². The van der Waals surface area contributed by atoms with Gasteiger partial charge in [-0.25, -0.2) is 0 Å². The lowest BCUT2D eigenvalue weighted by molar-refractivity contribution is -0.146. The quantitative estimate of drug-likeness (QED) is 0.696. The predicted octanol–water partition coefficient (Wildman–Crippen LogP) is 2.45. The van der Waals surface area contributed by atoms with E-state index in [0.29, 0.717) is 0 Å². The van der Waals surface area contributed by atoms with Gasteiger partial charge in [0.05, 0.1) is 0 Å². The van der Waals surface area contributed by atoms with Gasteiger partial charge in [-0.3, -0.25) is 4.79 Å². The first-order chi connectivity index (χ1) is 6.04. The second-order valence-electron chi connectivity index (χ2n) is 3.47. The zero-order valence-corrected chi connectivity index (χ0v) is 8.51. The third-order valence-corrected chi connectivity index (χ3v) is 3.27. The number of alkyl halides is 1. The van der Waals surface area contributed by atoms with Gasteiger partial charge < -0.3 is 5.11 Å². The first-order valence-corrected chi connectivity index (χ1v) is 4.73. The van der Waals surface area contributed by atoms with Crippen LogP contribution in [-0.4, -0.2) is 17.0 Å². The summed E-state index contributed by atoms with van der Waals surface area (Å²) in [6.45, 7) is 3.82. The summed E-state index contributed by atoms with van der Waals surface area (Å²) in [5.41, 5.74) is 0.144. The van der Waals surface area contributed by atoms with Gasteiger partial charge in [0, 0.05) is 5.88 Å². The van der Waals surface area contributed by atoms with Crippen molar-refractivity contribution in [2.45, 2.75) is 13.8 Å². The summed E-state index contributed by atoms with van der Waals surface area (Å²) >= 11 is 5.73. The molecular weight excluding hydrogens is 188 g/mol. The standard InChI is InChI=1S/C10H13ClO2/c1-7-4-3-5-10(6-11,8(7)2)9(12)13/h3-5,8H,6H2,1-2H3,(H,12,13). The van der Waals surface area contributed by atoms with Gasteiger partial charge >= 0.3 is 5.97 Å². The molecule has 0 saturated heterocycles. The number of allylic oxidation sites excluding steroid dienone is 3. The lowest BCUT2D eigenvalue weighted by atomic mass is 9.72. The molecule has 0 radical (unpaired) electrons. The molecule has 2 atom stereocenters. The summed E-state index contributed by atoms with van der Waals surface area (Å²) in [6.07, 6.45) is 5.38. The number of aliphatic carboxylic acids is 1. The molecule has 72 valence electrons. The van der Waals surface area contributed by atoms with Crippen LogP contribution in [0, 0.1) is 11.3 Å². The van der Waals surface area contributed by atoms with Crippen LogP contribution in [0.4, 0.5) is 0 Å². The molecule has 0 fully saturated rings. The first kappa shape index (κ1) is 10.3. The summed E-state index contributed by atoms with van der Waals surface area (Å²) in [5, 5.41) is 9.11. The lowest BCUT2D eigenvalue weighted by Gasteiger charge is -2.33. The fourth-order valence-electron chi connectivity index (χ4n) is 1.54. The SMILES string of the molecule is CC1=CC=CC(CCl)(C(=O)O)C1C. The van der Waals surface area contributed by atoms with Gasteiger partial charge in [-0.2, -0.15) is 0 Å². The van der Waals surface area contributed by atoms with Crippen LogP contribution in [0.2, 0.25) is 0 Å². The van der Waals surface area contributed by atoms with E-state index in [2.05, 4.69) is 0 Å². The van der Waals surface area contributed by atoms with E-state index in [-0.39, 0.29) is 11.8 Å². The average Bonchev–Trinajstić information content (AvgIpc) is 2.09. The number of carboxylic acids is 1. The summed E-state index contributed by atoms with van der Waals surface area (Å²) in [4.78, 5) is 11.1. The Hall–Kier alpha value is -0.760. The number of carboxylic acid groups (broad SMARTS) is 1. The lowest BCUT2D eigenvalue weighted by Crippen LogP contribution is -2.39. The molecular formula is C10H13ClO2. The normalized spacial score (nSPS) is 32.8. The molecule has 0 aromatic carbocycles. The minimum Gasteiger partial charge on any atom is -0.481 e. The van der Waals surface area contributed by atoms with Crippen LogP contribution in [0.3, 0.4) is 0 Å². The zero-order valence-electron chi connectivity index (χ0n) is 7.75. The molecule has 0 saturated carbocycles. The summed E-state index contributed by atoms with van der Waals surface area (Å²) < 4.78 is 0. The van der Waals surface area contributed by atoms with Gasteiger partial charge in [-0.1, -0.05) is 30.7 Å². The van der Waals surface area contributed by atoms with Crippen LogP contribution in [0.25, 0.3) is 0 Å². The van der Waals surface area contributed by atoms with Crippen LogP contribution in [0.1, 0.15) is 13.8 Å². The average molecular weight is 201 g/mol. The molecule has 0 aliphatic heterocycles. The number of hydrogen-bond acceptors (Lipinski definition) is 1. The molecule has 1 N–H and O–H groups in total. The smallest absolute Gasteiger partial charge is 0.315 e. The molecule has 0 spiro atoms. The van der Waals surface area contributed by atoms with E-state index in [1.807, 2.05) is 19.9 Å². The van der Waals surface area contributed by atoms with Crippen LogP contribution in [0.15, 0.2) is 23.8 Å². The monoisotopic (exact) mass is 200 g/mol. The molecule has 1 aliphatic carbocycles. The molecule has 1 aliphatic rings. The van der Waals surface area contributed by atoms with E-state index in [1.54, 1.807) is 12.2 Å². The van der Waals surface area contributed by atoms with E-state index in [9.17, 15) is 4.79 Å². The zero-order chi connectivity index (χ0) is 10.1. The van der Waals surface area contributed by atoms with E-state index in [1.165, 1.54) is 0 Å². The summed E-state index contributed by atoms with van der Waals surface area (Å²) in [7, 11) is 0. The molecule has 0 heterocycles. The molecule has 0 amide bonds. The van der Waals surface area contributed by atoms with Crippen molar-refractivity contribution < 1.29 is 9.90 Å². The number of carbonyl (C=O) groups is 1. The van der Waals surface area contributed by atoms with Gasteiger partial charge in [0.2, 0.25) is 0 Å². The Morgan fingerprint density at radius 1 is 1.77 bits per heavy atom. The van der Waals surface area contributed by atoms with Gasteiger partial charge in [-0.05, 0) is 12.8 Å². The Labute approximate surface area is 82.9 Å². The minimum absolute atomic E-state index is 0.0347. The number of halogens is 1. The van der Waals surface area contributed by atoms with E-state index in [4.69, 9.17) is 16.7 Å². The van der Waals surface area contributed by atoms with Crippen LogP contribution < -0.4 is 0 Å². The Balaban J connectivity index is 3.09. The van der Waals surface area contributed by atoms with Gasteiger partial charge in [0.1, 0.15) is 5.41 Å². The molecule has 0 aromatic rings. The van der Waals surface area contributed by atoms with Crippen molar-refractivity contribution in [3.05, 3.63) is 23.8 Å². The van der Waals surface area contributed by atoms with Crippen LogP contribution in [-0.2, 0) is 4.79 Å². The van der Waals surface area contributed by atoms with Gasteiger partial charge in [0.25, 0.3) is 0 Å². The van der Waals surface area contributed by atoms with Crippen molar-refractivity contribution in [3.63, 3.8) is 0 Å².